The maximum Gasteiger partial charge on any atom is 0.0572 e. The van der Waals surface area contributed by atoms with Crippen molar-refractivity contribution < 1.29 is 0 Å². The minimum Gasteiger partial charge on any atom is -0.363 e. The predicted octanol–water partition coefficient (Wildman–Crippen LogP) is 3.68. The molecular weight excluding hydrogens is 266 g/mol. The Bertz CT molecular complexity index is 576. The maximum absolute atomic E-state index is 6.02. The summed E-state index contributed by atoms with van der Waals surface area (Å²) in [6.45, 7) is 5.43. The molecule has 0 amide bonds. The van der Waals surface area contributed by atoms with Gasteiger partial charge in [0.1, 0.15) is 0 Å². The minimum absolute atomic E-state index is 0.0475. The Kier molecular flexibility index (Phi) is 3.76. The average molecular weight is 287 g/mol. The number of aromatic nitrogens is 1. The van der Waals surface area contributed by atoms with Crippen molar-refractivity contribution in [1.82, 2.24) is 4.98 Å². The zero-order valence-corrected chi connectivity index (χ0v) is 12.9. The Morgan fingerprint density at radius 1 is 1.45 bits per heavy atom. The number of rotatable bonds is 3. The van der Waals surface area contributed by atoms with Crippen LogP contribution in [0.1, 0.15) is 48.5 Å². The molecule has 0 fully saturated rings. The van der Waals surface area contributed by atoms with Crippen LogP contribution in [0.2, 0.25) is 0 Å². The van der Waals surface area contributed by atoms with Crippen LogP contribution in [0.5, 0.6) is 0 Å². The third-order valence-electron chi connectivity index (χ3n) is 4.20. The number of anilines is 1. The van der Waals surface area contributed by atoms with Crippen LogP contribution in [0.25, 0.3) is 0 Å². The van der Waals surface area contributed by atoms with Crippen LogP contribution in [0, 0.1) is 0 Å². The minimum atomic E-state index is 0.0475. The van der Waals surface area contributed by atoms with Crippen molar-refractivity contribution in [2.24, 2.45) is 5.73 Å². The van der Waals surface area contributed by atoms with E-state index in [0.717, 1.165) is 25.1 Å². The van der Waals surface area contributed by atoms with Crippen molar-refractivity contribution in [3.05, 3.63) is 45.9 Å². The van der Waals surface area contributed by atoms with Gasteiger partial charge in [0.15, 0.2) is 0 Å². The van der Waals surface area contributed by atoms with Gasteiger partial charge in [0.2, 0.25) is 0 Å². The van der Waals surface area contributed by atoms with Crippen LogP contribution in [0.3, 0.4) is 0 Å². The van der Waals surface area contributed by atoms with Gasteiger partial charge in [-0.2, -0.15) is 0 Å². The van der Waals surface area contributed by atoms with Gasteiger partial charge in [-0.1, -0.05) is 6.92 Å². The SMILES string of the molecule is CC[C@H](N)c1ccc(N2CCc3sccc3C2C)cn1. The van der Waals surface area contributed by atoms with Crippen LogP contribution < -0.4 is 10.6 Å². The molecule has 2 N–H and O–H groups in total. The molecule has 1 aliphatic heterocycles. The lowest BCUT2D eigenvalue weighted by Crippen LogP contribution is -2.33. The first-order valence-electron chi connectivity index (χ1n) is 7.25. The van der Waals surface area contributed by atoms with E-state index in [4.69, 9.17) is 5.73 Å². The van der Waals surface area contributed by atoms with E-state index < -0.39 is 0 Å². The lowest BCUT2D eigenvalue weighted by Gasteiger charge is -2.35. The maximum atomic E-state index is 6.02. The van der Waals surface area contributed by atoms with E-state index in [1.165, 1.54) is 16.1 Å². The molecule has 0 saturated carbocycles. The molecule has 4 heteroatoms. The summed E-state index contributed by atoms with van der Waals surface area (Å²) < 4.78 is 0. The summed E-state index contributed by atoms with van der Waals surface area (Å²) in [5.74, 6) is 0. The Balaban J connectivity index is 1.83. The lowest BCUT2D eigenvalue weighted by molar-refractivity contribution is 0.629. The van der Waals surface area contributed by atoms with Gasteiger partial charge in [-0.3, -0.25) is 4.98 Å². The molecule has 0 aromatic carbocycles. The second-order valence-electron chi connectivity index (χ2n) is 5.37. The lowest BCUT2D eigenvalue weighted by atomic mass is 10.0. The van der Waals surface area contributed by atoms with Gasteiger partial charge in [-0.05, 0) is 48.9 Å². The first-order chi connectivity index (χ1) is 9.70. The Labute approximate surface area is 124 Å². The quantitative estimate of drug-likeness (QED) is 0.936. The average Bonchev–Trinajstić information content (AvgIpc) is 2.96. The monoisotopic (exact) mass is 287 g/mol. The third kappa shape index (κ3) is 2.34. The highest BCUT2D eigenvalue weighted by atomic mass is 32.1. The summed E-state index contributed by atoms with van der Waals surface area (Å²) in [6, 6.07) is 6.96. The van der Waals surface area contributed by atoms with E-state index >= 15 is 0 Å². The van der Waals surface area contributed by atoms with E-state index in [9.17, 15) is 0 Å². The van der Waals surface area contributed by atoms with Gasteiger partial charge in [-0.25, -0.2) is 0 Å². The van der Waals surface area contributed by atoms with Crippen molar-refractivity contribution in [3.8, 4) is 0 Å². The normalized spacial score (nSPS) is 19.8. The highest BCUT2D eigenvalue weighted by Gasteiger charge is 2.25. The van der Waals surface area contributed by atoms with Crippen LogP contribution in [-0.2, 0) is 6.42 Å². The van der Waals surface area contributed by atoms with Crippen LogP contribution >= 0.6 is 11.3 Å². The molecule has 0 spiro atoms. The molecule has 0 aliphatic carbocycles. The van der Waals surface area contributed by atoms with E-state index in [2.05, 4.69) is 47.3 Å². The predicted molar refractivity (Wildman–Crippen MR) is 85.2 cm³/mol. The molecule has 0 saturated heterocycles. The van der Waals surface area contributed by atoms with Crippen molar-refractivity contribution in [1.29, 1.82) is 0 Å². The highest BCUT2D eigenvalue weighted by Crippen LogP contribution is 2.35. The Hall–Kier alpha value is -1.39. The van der Waals surface area contributed by atoms with E-state index in [1.807, 2.05) is 17.5 Å². The third-order valence-corrected chi connectivity index (χ3v) is 5.20. The zero-order valence-electron chi connectivity index (χ0n) is 12.0. The number of hydrogen-bond donors (Lipinski definition) is 1. The number of fused-ring (bicyclic) bond motifs is 1. The molecule has 20 heavy (non-hydrogen) atoms. The fourth-order valence-corrected chi connectivity index (χ4v) is 3.82. The van der Waals surface area contributed by atoms with Crippen LogP contribution in [-0.4, -0.2) is 11.5 Å². The molecular formula is C16H21N3S. The second kappa shape index (κ2) is 5.54. The molecule has 0 bridgehead atoms. The molecule has 3 nitrogen and oxygen atoms in total. The topological polar surface area (TPSA) is 42.1 Å². The zero-order chi connectivity index (χ0) is 14.1. The van der Waals surface area contributed by atoms with Gasteiger partial charge < -0.3 is 10.6 Å². The molecule has 2 aromatic rings. The van der Waals surface area contributed by atoms with Crippen molar-refractivity contribution in [3.63, 3.8) is 0 Å². The smallest absolute Gasteiger partial charge is 0.0572 e. The highest BCUT2D eigenvalue weighted by molar-refractivity contribution is 7.10. The van der Waals surface area contributed by atoms with Gasteiger partial charge in [0.25, 0.3) is 0 Å². The molecule has 0 radical (unpaired) electrons. The van der Waals surface area contributed by atoms with Gasteiger partial charge >= 0.3 is 0 Å². The van der Waals surface area contributed by atoms with Gasteiger partial charge in [0, 0.05) is 17.5 Å². The van der Waals surface area contributed by atoms with E-state index in [1.54, 1.807) is 0 Å². The summed E-state index contributed by atoms with van der Waals surface area (Å²) in [5.41, 5.74) is 9.67. The van der Waals surface area contributed by atoms with Crippen molar-refractivity contribution in [2.75, 3.05) is 11.4 Å². The molecule has 2 atom stereocenters. The second-order valence-corrected chi connectivity index (χ2v) is 6.38. The molecule has 1 unspecified atom stereocenters. The van der Waals surface area contributed by atoms with Crippen LogP contribution in [0.4, 0.5) is 5.69 Å². The summed E-state index contributed by atoms with van der Waals surface area (Å²) >= 11 is 1.88. The fraction of sp³-hybridized carbons (Fsp3) is 0.438. The summed E-state index contributed by atoms with van der Waals surface area (Å²) in [7, 11) is 0. The van der Waals surface area contributed by atoms with E-state index in [-0.39, 0.29) is 6.04 Å². The first-order valence-corrected chi connectivity index (χ1v) is 8.13. The largest absolute Gasteiger partial charge is 0.363 e. The number of pyridine rings is 1. The summed E-state index contributed by atoms with van der Waals surface area (Å²) in [6.07, 6.45) is 4.02. The molecule has 1 aliphatic rings. The van der Waals surface area contributed by atoms with Gasteiger partial charge in [0.05, 0.1) is 23.6 Å². The summed E-state index contributed by atoms with van der Waals surface area (Å²) in [5, 5.41) is 2.20. The fourth-order valence-electron chi connectivity index (χ4n) is 2.86. The Morgan fingerprint density at radius 2 is 2.30 bits per heavy atom. The number of thiophene rings is 1. The van der Waals surface area contributed by atoms with Gasteiger partial charge in [-0.15, -0.1) is 11.3 Å². The van der Waals surface area contributed by atoms with E-state index in [0.29, 0.717) is 6.04 Å². The molecule has 3 heterocycles. The van der Waals surface area contributed by atoms with Crippen molar-refractivity contribution >= 4 is 17.0 Å². The molecule has 106 valence electrons. The molecule has 3 rings (SSSR count). The number of hydrogen-bond acceptors (Lipinski definition) is 4. The first kappa shape index (κ1) is 13.6. The number of nitrogens with two attached hydrogens (primary N) is 1. The Morgan fingerprint density at radius 3 is 3.00 bits per heavy atom. The standard InChI is InChI=1S/C16H21N3S/c1-3-14(17)15-5-4-12(10-18-15)19-8-6-16-13(11(19)2)7-9-20-16/h4-5,7,9-11,14H,3,6,8,17H2,1-2H3/t11?,14-/m0/s1. The van der Waals surface area contributed by atoms with Crippen molar-refractivity contribution in [2.45, 2.75) is 38.8 Å². The summed E-state index contributed by atoms with van der Waals surface area (Å²) in [4.78, 5) is 8.51. The van der Waals surface area contributed by atoms with Crippen LogP contribution in [0.15, 0.2) is 29.8 Å². The number of nitrogens with zero attached hydrogens (tertiary/aromatic N) is 2. The molecule has 2 aromatic heterocycles.